The van der Waals surface area contributed by atoms with Crippen LogP contribution in [0.3, 0.4) is 0 Å². The van der Waals surface area contributed by atoms with Gasteiger partial charge in [-0.25, -0.2) is 4.98 Å². The van der Waals surface area contributed by atoms with Crippen LogP contribution in [0.1, 0.15) is 22.9 Å². The minimum atomic E-state index is -0.830. The van der Waals surface area contributed by atoms with Gasteiger partial charge in [0.15, 0.2) is 4.96 Å². The summed E-state index contributed by atoms with van der Waals surface area (Å²) < 4.78 is 7.91. The number of aromatic nitrogens is 2. The minimum Gasteiger partial charge on any atom is -0.489 e. The Balaban J connectivity index is 1.55. The number of ether oxygens (including phenoxy) is 1. The minimum absolute atomic E-state index is 0.0246. The van der Waals surface area contributed by atoms with Crippen LogP contribution in [0.25, 0.3) is 16.2 Å². The van der Waals surface area contributed by atoms with Gasteiger partial charge in [0, 0.05) is 22.8 Å². The van der Waals surface area contributed by atoms with Crippen LogP contribution in [0.4, 0.5) is 0 Å². The average Bonchev–Trinajstić information content (AvgIpc) is 3.25. The molecule has 0 spiro atoms. The number of carbonyl (C=O) groups is 1. The zero-order valence-corrected chi connectivity index (χ0v) is 16.3. The van der Waals surface area contributed by atoms with E-state index in [4.69, 9.17) is 9.84 Å². The number of benzene rings is 2. The summed E-state index contributed by atoms with van der Waals surface area (Å²) >= 11 is 1.41. The van der Waals surface area contributed by atoms with Gasteiger partial charge in [0.05, 0.1) is 12.1 Å². The van der Waals surface area contributed by atoms with Crippen LogP contribution in [0.15, 0.2) is 60.9 Å². The van der Waals surface area contributed by atoms with E-state index in [1.54, 1.807) is 0 Å². The predicted octanol–water partition coefficient (Wildman–Crippen LogP) is 4.83. The summed E-state index contributed by atoms with van der Waals surface area (Å²) in [5, 5.41) is 8.93. The molecule has 0 atom stereocenters. The van der Waals surface area contributed by atoms with E-state index in [0.717, 1.165) is 44.4 Å². The second-order valence-corrected chi connectivity index (χ2v) is 7.63. The van der Waals surface area contributed by atoms with E-state index in [1.807, 2.05) is 47.1 Å². The van der Waals surface area contributed by atoms with Crippen molar-refractivity contribution in [2.75, 3.05) is 0 Å². The molecule has 5 nitrogen and oxygen atoms in total. The van der Waals surface area contributed by atoms with Gasteiger partial charge in [0.25, 0.3) is 0 Å². The number of imidazole rings is 1. The summed E-state index contributed by atoms with van der Waals surface area (Å²) in [7, 11) is 0. The smallest absolute Gasteiger partial charge is 0.308 e. The van der Waals surface area contributed by atoms with E-state index in [0.29, 0.717) is 6.61 Å². The number of thiazole rings is 1. The van der Waals surface area contributed by atoms with Gasteiger partial charge in [-0.1, -0.05) is 37.3 Å². The summed E-state index contributed by atoms with van der Waals surface area (Å²) in [6.07, 6.45) is 4.67. The lowest BCUT2D eigenvalue weighted by molar-refractivity contribution is -0.136. The van der Waals surface area contributed by atoms with Crippen molar-refractivity contribution in [1.82, 2.24) is 9.38 Å². The molecular formula is C22H20N2O3S. The van der Waals surface area contributed by atoms with E-state index in [1.165, 1.54) is 11.3 Å². The predicted molar refractivity (Wildman–Crippen MR) is 110 cm³/mol. The Morgan fingerprint density at radius 2 is 2.00 bits per heavy atom. The van der Waals surface area contributed by atoms with Gasteiger partial charge in [0.1, 0.15) is 12.4 Å². The third-order valence-electron chi connectivity index (χ3n) is 4.50. The largest absolute Gasteiger partial charge is 0.489 e. The van der Waals surface area contributed by atoms with Crippen molar-refractivity contribution in [2.45, 2.75) is 26.4 Å². The maximum absolute atomic E-state index is 10.9. The Hall–Kier alpha value is -3.12. The molecule has 0 radical (unpaired) electrons. The molecular weight excluding hydrogens is 372 g/mol. The lowest BCUT2D eigenvalue weighted by Crippen LogP contribution is -1.98. The number of fused-ring (bicyclic) bond motifs is 1. The monoisotopic (exact) mass is 392 g/mol. The number of rotatable bonds is 7. The normalized spacial score (nSPS) is 11.0. The molecule has 0 unspecified atom stereocenters. The zero-order valence-electron chi connectivity index (χ0n) is 15.5. The Morgan fingerprint density at radius 3 is 2.71 bits per heavy atom. The molecule has 4 rings (SSSR count). The standard InChI is InChI=1S/C22H20N2O3S/c1-2-16-10-17(8-9-20(16)27-14-15-6-4-3-5-7-15)19-13-24-12-18(11-21(25)26)28-22(24)23-19/h3-10,12-13H,2,11,14H2,1H3,(H,25,26). The average molecular weight is 392 g/mol. The van der Waals surface area contributed by atoms with Crippen LogP contribution >= 0.6 is 11.3 Å². The Kier molecular flexibility index (Phi) is 5.12. The van der Waals surface area contributed by atoms with Gasteiger partial charge in [0.2, 0.25) is 0 Å². The second kappa shape index (κ2) is 7.86. The number of nitrogens with zero attached hydrogens (tertiary/aromatic N) is 2. The zero-order chi connectivity index (χ0) is 19.5. The van der Waals surface area contributed by atoms with Crippen molar-refractivity contribution in [3.63, 3.8) is 0 Å². The van der Waals surface area contributed by atoms with Crippen molar-refractivity contribution in [1.29, 1.82) is 0 Å². The van der Waals surface area contributed by atoms with Gasteiger partial charge in [-0.2, -0.15) is 0 Å². The van der Waals surface area contributed by atoms with Gasteiger partial charge < -0.3 is 9.84 Å². The van der Waals surface area contributed by atoms with Gasteiger partial charge >= 0.3 is 5.97 Å². The quantitative estimate of drug-likeness (QED) is 0.489. The highest BCUT2D eigenvalue weighted by Gasteiger charge is 2.12. The van der Waals surface area contributed by atoms with Gasteiger partial charge in [-0.3, -0.25) is 9.20 Å². The summed E-state index contributed by atoms with van der Waals surface area (Å²) in [5.74, 6) is 0.0586. The molecule has 0 aliphatic carbocycles. The fraction of sp³-hybridized carbons (Fsp3) is 0.182. The van der Waals surface area contributed by atoms with Gasteiger partial charge in [-0.15, -0.1) is 11.3 Å². The molecule has 28 heavy (non-hydrogen) atoms. The molecule has 0 bridgehead atoms. The third-order valence-corrected chi connectivity index (χ3v) is 5.50. The maximum Gasteiger partial charge on any atom is 0.308 e. The molecule has 2 aromatic carbocycles. The van der Waals surface area contributed by atoms with E-state index < -0.39 is 5.97 Å². The van der Waals surface area contributed by atoms with Crippen LogP contribution in [-0.4, -0.2) is 20.5 Å². The third kappa shape index (κ3) is 3.92. The molecule has 2 aromatic heterocycles. The van der Waals surface area contributed by atoms with Crippen molar-refractivity contribution < 1.29 is 14.6 Å². The highest BCUT2D eigenvalue weighted by atomic mass is 32.1. The van der Waals surface area contributed by atoms with E-state index >= 15 is 0 Å². The van der Waals surface area contributed by atoms with E-state index in [9.17, 15) is 4.79 Å². The lowest BCUT2D eigenvalue weighted by Gasteiger charge is -2.12. The molecule has 142 valence electrons. The molecule has 0 saturated heterocycles. The van der Waals surface area contributed by atoms with Crippen molar-refractivity contribution in [3.8, 4) is 17.0 Å². The highest BCUT2D eigenvalue weighted by molar-refractivity contribution is 7.17. The second-order valence-electron chi connectivity index (χ2n) is 6.53. The van der Waals surface area contributed by atoms with Crippen LogP contribution in [-0.2, 0) is 24.2 Å². The molecule has 1 N–H and O–H groups in total. The Labute approximate surface area is 166 Å². The van der Waals surface area contributed by atoms with Crippen molar-refractivity contribution in [2.24, 2.45) is 0 Å². The molecule has 0 saturated carbocycles. The number of carboxylic acid groups (broad SMARTS) is 1. The number of aliphatic carboxylic acids is 1. The van der Waals surface area contributed by atoms with Crippen molar-refractivity contribution in [3.05, 3.63) is 76.9 Å². The van der Waals surface area contributed by atoms with E-state index in [-0.39, 0.29) is 6.42 Å². The maximum atomic E-state index is 10.9. The van der Waals surface area contributed by atoms with Crippen LogP contribution < -0.4 is 4.74 Å². The molecule has 4 aromatic rings. The Morgan fingerprint density at radius 1 is 1.18 bits per heavy atom. The summed E-state index contributed by atoms with van der Waals surface area (Å²) in [5.41, 5.74) is 4.17. The first kappa shape index (κ1) is 18.3. The molecule has 6 heteroatoms. The SMILES string of the molecule is CCc1cc(-c2cn3cc(CC(=O)O)sc3n2)ccc1OCc1ccccc1. The molecule has 0 aliphatic rings. The van der Waals surface area contributed by atoms with Crippen molar-refractivity contribution >= 4 is 22.3 Å². The van der Waals surface area contributed by atoms with Crippen LogP contribution in [0.5, 0.6) is 5.75 Å². The number of hydrogen-bond acceptors (Lipinski definition) is 4. The first-order chi connectivity index (χ1) is 13.6. The molecule has 0 amide bonds. The summed E-state index contributed by atoms with van der Waals surface area (Å²) in [6.45, 7) is 2.65. The van der Waals surface area contributed by atoms with Gasteiger partial charge in [-0.05, 0) is 35.7 Å². The number of carboxylic acids is 1. The topological polar surface area (TPSA) is 63.8 Å². The lowest BCUT2D eigenvalue weighted by atomic mass is 10.1. The highest BCUT2D eigenvalue weighted by Crippen LogP contribution is 2.29. The molecule has 0 aliphatic heterocycles. The fourth-order valence-electron chi connectivity index (χ4n) is 3.10. The first-order valence-electron chi connectivity index (χ1n) is 9.11. The molecule has 0 fully saturated rings. The first-order valence-corrected chi connectivity index (χ1v) is 9.93. The fourth-order valence-corrected chi connectivity index (χ4v) is 4.06. The van der Waals surface area contributed by atoms with E-state index in [2.05, 4.69) is 30.1 Å². The molecule has 2 heterocycles. The summed E-state index contributed by atoms with van der Waals surface area (Å²) in [6, 6.07) is 16.3. The Bertz CT molecular complexity index is 1080. The van der Waals surface area contributed by atoms with Crippen LogP contribution in [0.2, 0.25) is 0 Å². The summed E-state index contributed by atoms with van der Waals surface area (Å²) in [4.78, 5) is 17.1. The number of hydrogen-bond donors (Lipinski definition) is 1. The number of aryl methyl sites for hydroxylation is 1. The van der Waals surface area contributed by atoms with Crippen LogP contribution in [0, 0.1) is 0 Å².